The number of hydrogen-bond acceptors (Lipinski definition) is 1. The molecule has 0 radical (unpaired) electrons. The van der Waals surface area contributed by atoms with E-state index >= 15 is 0 Å². The van der Waals surface area contributed by atoms with Gasteiger partial charge in [0.15, 0.2) is 11.6 Å². The van der Waals surface area contributed by atoms with Gasteiger partial charge in [-0.2, -0.15) is 17.6 Å². The second-order valence-corrected chi connectivity index (χ2v) is 13.4. The summed E-state index contributed by atoms with van der Waals surface area (Å²) in [7, 11) is -2.30. The highest BCUT2D eigenvalue weighted by Gasteiger charge is 2.61. The maximum Gasteiger partial charge on any atom is 0.345 e. The highest BCUT2D eigenvalue weighted by molar-refractivity contribution is 6.74. The summed E-state index contributed by atoms with van der Waals surface area (Å²) in [5, 5.41) is -0.187. The van der Waals surface area contributed by atoms with E-state index in [0.29, 0.717) is 12.1 Å². The average molecular weight is 452 g/mol. The molecule has 0 fully saturated rings. The Hall–Kier alpha value is -2.03. The van der Waals surface area contributed by atoms with Crippen LogP contribution in [-0.4, -0.2) is 8.32 Å². The second-order valence-electron chi connectivity index (χ2n) is 8.71. The SMILES string of the molecule is Cc1cc(F)c(C(F)(F)C(F)(F)c2ccc(O[Si](C)(C)C(C)(C)C)cc2)c(F)c1F. The summed E-state index contributed by atoms with van der Waals surface area (Å²) in [6.45, 7) is 10.7. The molecule has 0 aliphatic heterocycles. The van der Waals surface area contributed by atoms with Gasteiger partial charge in [0, 0.05) is 5.56 Å². The lowest BCUT2D eigenvalue weighted by molar-refractivity contribution is -0.226. The normalized spacial score (nSPS) is 13.5. The Balaban J connectivity index is 2.45. The summed E-state index contributed by atoms with van der Waals surface area (Å²) >= 11 is 0. The Morgan fingerprint density at radius 2 is 1.30 bits per heavy atom. The summed E-state index contributed by atoms with van der Waals surface area (Å²) in [6.07, 6.45) is 0. The Labute approximate surface area is 172 Å². The van der Waals surface area contributed by atoms with Crippen LogP contribution in [0, 0.1) is 24.4 Å². The Morgan fingerprint density at radius 3 is 1.77 bits per heavy atom. The van der Waals surface area contributed by atoms with Gasteiger partial charge in [0.05, 0.1) is 0 Å². The predicted molar refractivity (Wildman–Crippen MR) is 103 cm³/mol. The molecule has 166 valence electrons. The van der Waals surface area contributed by atoms with Gasteiger partial charge < -0.3 is 4.43 Å². The highest BCUT2D eigenvalue weighted by Crippen LogP contribution is 2.51. The van der Waals surface area contributed by atoms with Crippen molar-refractivity contribution in [3.63, 3.8) is 0 Å². The lowest BCUT2D eigenvalue weighted by Crippen LogP contribution is -2.43. The molecule has 2 aromatic carbocycles. The molecule has 0 saturated carbocycles. The monoisotopic (exact) mass is 452 g/mol. The van der Waals surface area contributed by atoms with E-state index in [1.807, 2.05) is 33.9 Å². The smallest absolute Gasteiger partial charge is 0.345 e. The molecule has 0 unspecified atom stereocenters. The van der Waals surface area contributed by atoms with Crippen molar-refractivity contribution < 1.29 is 35.2 Å². The van der Waals surface area contributed by atoms with E-state index in [1.165, 1.54) is 0 Å². The van der Waals surface area contributed by atoms with E-state index in [4.69, 9.17) is 4.43 Å². The number of benzene rings is 2. The summed E-state index contributed by atoms with van der Waals surface area (Å²) in [6, 6.07) is 3.87. The van der Waals surface area contributed by atoms with Gasteiger partial charge in [-0.05, 0) is 61.0 Å². The lowest BCUT2D eigenvalue weighted by Gasteiger charge is -2.36. The van der Waals surface area contributed by atoms with E-state index in [-0.39, 0.29) is 16.9 Å². The molecule has 0 bridgehead atoms. The third kappa shape index (κ3) is 4.08. The standard InChI is InChI=1S/C21H23F7OSi/c1-12-11-15(22)16(18(24)17(12)23)21(27,28)20(25,26)13-7-9-14(10-8-13)29-30(5,6)19(2,3)4/h7-11H,1-6H3. The Morgan fingerprint density at radius 1 is 0.800 bits per heavy atom. The third-order valence-electron chi connectivity index (χ3n) is 5.44. The van der Waals surface area contributed by atoms with Gasteiger partial charge >= 0.3 is 11.8 Å². The van der Waals surface area contributed by atoms with Gasteiger partial charge in [0.25, 0.3) is 0 Å². The molecule has 0 amide bonds. The first kappa shape index (κ1) is 24.2. The van der Waals surface area contributed by atoms with Gasteiger partial charge in [-0.15, -0.1) is 0 Å². The van der Waals surface area contributed by atoms with E-state index in [9.17, 15) is 30.7 Å². The number of aryl methyl sites for hydroxylation is 1. The van der Waals surface area contributed by atoms with E-state index < -0.39 is 54.3 Å². The van der Waals surface area contributed by atoms with Crippen LogP contribution in [0.15, 0.2) is 30.3 Å². The summed E-state index contributed by atoms with van der Waals surface area (Å²) in [5.74, 6) is -16.2. The van der Waals surface area contributed by atoms with Crippen LogP contribution >= 0.6 is 0 Å². The van der Waals surface area contributed by atoms with E-state index in [2.05, 4.69) is 0 Å². The van der Waals surface area contributed by atoms with Crippen LogP contribution in [0.2, 0.25) is 18.1 Å². The summed E-state index contributed by atoms with van der Waals surface area (Å²) in [5.41, 5.74) is -4.10. The van der Waals surface area contributed by atoms with Crippen molar-refractivity contribution in [2.45, 2.75) is 57.7 Å². The maximum absolute atomic E-state index is 14.6. The molecule has 2 rings (SSSR count). The minimum Gasteiger partial charge on any atom is -0.544 e. The lowest BCUT2D eigenvalue weighted by atomic mass is 9.94. The second kappa shape index (κ2) is 7.58. The van der Waals surface area contributed by atoms with E-state index in [1.54, 1.807) is 0 Å². The first-order valence-corrected chi connectivity index (χ1v) is 12.0. The number of halogens is 7. The molecule has 0 atom stereocenters. The molecule has 0 saturated heterocycles. The topological polar surface area (TPSA) is 9.23 Å². The highest BCUT2D eigenvalue weighted by atomic mass is 28.4. The van der Waals surface area contributed by atoms with Gasteiger partial charge in [0.2, 0.25) is 8.32 Å². The minimum absolute atomic E-state index is 0.187. The largest absolute Gasteiger partial charge is 0.544 e. The van der Waals surface area contributed by atoms with Crippen LogP contribution in [0.4, 0.5) is 30.7 Å². The fraction of sp³-hybridized carbons (Fsp3) is 0.429. The van der Waals surface area contributed by atoms with Crippen molar-refractivity contribution in [3.8, 4) is 5.75 Å². The van der Waals surface area contributed by atoms with Crippen molar-refractivity contribution >= 4 is 8.32 Å². The zero-order valence-corrected chi connectivity index (χ0v) is 18.4. The molecule has 0 aromatic heterocycles. The van der Waals surface area contributed by atoms with Crippen molar-refractivity contribution in [1.82, 2.24) is 0 Å². The molecule has 0 spiro atoms. The molecule has 1 nitrogen and oxygen atoms in total. The molecular weight excluding hydrogens is 429 g/mol. The quantitative estimate of drug-likeness (QED) is 0.257. The molecule has 2 aromatic rings. The van der Waals surface area contributed by atoms with Gasteiger partial charge in [0.1, 0.15) is 17.1 Å². The average Bonchev–Trinajstić information content (AvgIpc) is 2.58. The van der Waals surface area contributed by atoms with E-state index in [0.717, 1.165) is 19.1 Å². The molecule has 0 aliphatic carbocycles. The van der Waals surface area contributed by atoms with Crippen molar-refractivity contribution in [2.24, 2.45) is 0 Å². The predicted octanol–water partition coefficient (Wildman–Crippen LogP) is 7.68. The molecule has 0 aliphatic rings. The van der Waals surface area contributed by atoms with Crippen molar-refractivity contribution in [2.75, 3.05) is 0 Å². The summed E-state index contributed by atoms with van der Waals surface area (Å²) < 4.78 is 106. The minimum atomic E-state index is -5.34. The molecule has 0 N–H and O–H groups in total. The summed E-state index contributed by atoms with van der Waals surface area (Å²) in [4.78, 5) is 0. The van der Waals surface area contributed by atoms with Crippen LogP contribution < -0.4 is 4.43 Å². The van der Waals surface area contributed by atoms with Crippen LogP contribution in [0.5, 0.6) is 5.75 Å². The van der Waals surface area contributed by atoms with Crippen LogP contribution in [0.3, 0.4) is 0 Å². The molecule has 30 heavy (non-hydrogen) atoms. The Bertz CT molecular complexity index is 932. The van der Waals surface area contributed by atoms with Crippen LogP contribution in [0.1, 0.15) is 37.5 Å². The fourth-order valence-corrected chi connectivity index (χ4v) is 3.55. The third-order valence-corrected chi connectivity index (χ3v) is 9.80. The van der Waals surface area contributed by atoms with Crippen LogP contribution in [0.25, 0.3) is 0 Å². The Kier molecular flexibility index (Phi) is 6.13. The van der Waals surface area contributed by atoms with Crippen molar-refractivity contribution in [1.29, 1.82) is 0 Å². The first-order valence-electron chi connectivity index (χ1n) is 9.13. The maximum atomic E-state index is 14.6. The first-order chi connectivity index (χ1) is 13.4. The number of alkyl halides is 4. The number of rotatable bonds is 5. The van der Waals surface area contributed by atoms with Gasteiger partial charge in [-0.25, -0.2) is 13.2 Å². The van der Waals surface area contributed by atoms with Crippen molar-refractivity contribution in [3.05, 3.63) is 64.5 Å². The number of hydrogen-bond donors (Lipinski definition) is 0. The van der Waals surface area contributed by atoms with Crippen LogP contribution in [-0.2, 0) is 11.8 Å². The zero-order chi connectivity index (χ0) is 23.3. The molecular formula is C21H23F7OSi. The zero-order valence-electron chi connectivity index (χ0n) is 17.4. The van der Waals surface area contributed by atoms with Gasteiger partial charge in [-0.3, -0.25) is 0 Å². The fourth-order valence-electron chi connectivity index (χ4n) is 2.52. The molecule has 0 heterocycles. The van der Waals surface area contributed by atoms with Gasteiger partial charge in [-0.1, -0.05) is 20.8 Å². The molecule has 9 heteroatoms.